The number of halogens is 4. The quantitative estimate of drug-likeness (QED) is 0.846. The van der Waals surface area contributed by atoms with E-state index in [0.717, 1.165) is 17.7 Å². The first-order valence-corrected chi connectivity index (χ1v) is 6.08. The van der Waals surface area contributed by atoms with E-state index in [9.17, 15) is 17.6 Å². The van der Waals surface area contributed by atoms with Gasteiger partial charge in [0.05, 0.1) is 5.56 Å². The Balaban J connectivity index is 2.38. The fraction of sp³-hybridized carbons (Fsp3) is 0.200. The van der Waals surface area contributed by atoms with Crippen LogP contribution in [0.25, 0.3) is 11.1 Å². The van der Waals surface area contributed by atoms with Gasteiger partial charge in [-0.1, -0.05) is 18.2 Å². The summed E-state index contributed by atoms with van der Waals surface area (Å²) < 4.78 is 51.2. The lowest BCUT2D eigenvalue weighted by Crippen LogP contribution is -2.04. The van der Waals surface area contributed by atoms with E-state index >= 15 is 0 Å². The van der Waals surface area contributed by atoms with Gasteiger partial charge in [-0.2, -0.15) is 13.2 Å². The minimum atomic E-state index is -4.39. The molecule has 5 heteroatoms. The molecule has 0 saturated carbocycles. The summed E-state index contributed by atoms with van der Waals surface area (Å²) in [7, 11) is 0. The van der Waals surface area contributed by atoms with Gasteiger partial charge in [-0.25, -0.2) is 4.39 Å². The monoisotopic (exact) mass is 283 g/mol. The fourth-order valence-electron chi connectivity index (χ4n) is 1.95. The highest BCUT2D eigenvalue weighted by molar-refractivity contribution is 5.65. The Kier molecular flexibility index (Phi) is 4.09. The third-order valence-corrected chi connectivity index (χ3v) is 2.99. The molecule has 0 heterocycles. The molecular formula is C15H13F4N. The molecule has 0 spiro atoms. The summed E-state index contributed by atoms with van der Waals surface area (Å²) in [5.74, 6) is -0.467. The number of hydrogen-bond donors (Lipinski definition) is 1. The fourth-order valence-corrected chi connectivity index (χ4v) is 1.95. The highest BCUT2D eigenvalue weighted by atomic mass is 19.4. The first kappa shape index (κ1) is 14.5. The minimum Gasteiger partial charge on any atom is -0.330 e. The van der Waals surface area contributed by atoms with Crippen molar-refractivity contribution in [2.45, 2.75) is 12.6 Å². The van der Waals surface area contributed by atoms with Crippen LogP contribution in [0.15, 0.2) is 42.5 Å². The number of rotatable bonds is 3. The smallest absolute Gasteiger partial charge is 0.330 e. The lowest BCUT2D eigenvalue weighted by Gasteiger charge is -2.09. The van der Waals surface area contributed by atoms with Crippen molar-refractivity contribution in [2.24, 2.45) is 5.73 Å². The molecule has 0 radical (unpaired) electrons. The summed E-state index contributed by atoms with van der Waals surface area (Å²) in [6.07, 6.45) is -3.80. The van der Waals surface area contributed by atoms with Crippen molar-refractivity contribution < 1.29 is 17.6 Å². The van der Waals surface area contributed by atoms with Crippen molar-refractivity contribution in [1.82, 2.24) is 0 Å². The lowest BCUT2D eigenvalue weighted by atomic mass is 10.00. The molecular weight excluding hydrogens is 270 g/mol. The van der Waals surface area contributed by atoms with Gasteiger partial charge in [-0.3, -0.25) is 0 Å². The average molecular weight is 283 g/mol. The molecule has 2 aromatic carbocycles. The van der Waals surface area contributed by atoms with Gasteiger partial charge in [0.15, 0.2) is 0 Å². The Labute approximate surface area is 114 Å². The van der Waals surface area contributed by atoms with Crippen molar-refractivity contribution in [3.63, 3.8) is 0 Å². The molecule has 0 aliphatic rings. The van der Waals surface area contributed by atoms with Gasteiger partial charge in [0.25, 0.3) is 0 Å². The summed E-state index contributed by atoms with van der Waals surface area (Å²) in [4.78, 5) is 0. The molecule has 0 aliphatic heterocycles. The van der Waals surface area contributed by atoms with Crippen LogP contribution < -0.4 is 5.73 Å². The van der Waals surface area contributed by atoms with E-state index in [1.165, 1.54) is 18.2 Å². The van der Waals surface area contributed by atoms with E-state index in [4.69, 9.17) is 5.73 Å². The normalized spacial score (nSPS) is 11.7. The standard InChI is InChI=1S/C15H13F4N/c16-14-6-1-10(7-8-20)9-13(14)11-2-4-12(5-3-11)15(17,18)19/h1-6,9H,7-8,20H2. The number of hydrogen-bond acceptors (Lipinski definition) is 1. The van der Waals surface area contributed by atoms with Crippen LogP contribution >= 0.6 is 0 Å². The Bertz CT molecular complexity index is 588. The van der Waals surface area contributed by atoms with Crippen LogP contribution in [-0.2, 0) is 12.6 Å². The Morgan fingerprint density at radius 3 is 2.15 bits per heavy atom. The maximum absolute atomic E-state index is 13.8. The van der Waals surface area contributed by atoms with Crippen molar-refractivity contribution in [1.29, 1.82) is 0 Å². The zero-order chi connectivity index (χ0) is 14.8. The molecule has 0 saturated heterocycles. The number of alkyl halides is 3. The predicted octanol–water partition coefficient (Wildman–Crippen LogP) is 4.01. The van der Waals surface area contributed by atoms with Gasteiger partial charge in [0, 0.05) is 5.56 Å². The number of nitrogens with two attached hydrogens (primary N) is 1. The summed E-state index contributed by atoms with van der Waals surface area (Å²) in [6, 6.07) is 8.98. The van der Waals surface area contributed by atoms with Crippen LogP contribution in [0, 0.1) is 5.82 Å². The highest BCUT2D eigenvalue weighted by Gasteiger charge is 2.30. The second-order valence-corrected chi connectivity index (χ2v) is 4.43. The zero-order valence-electron chi connectivity index (χ0n) is 10.5. The average Bonchev–Trinajstić information content (AvgIpc) is 2.40. The van der Waals surface area contributed by atoms with Crippen LogP contribution in [-0.4, -0.2) is 6.54 Å². The largest absolute Gasteiger partial charge is 0.416 e. The lowest BCUT2D eigenvalue weighted by molar-refractivity contribution is -0.137. The van der Waals surface area contributed by atoms with E-state index < -0.39 is 17.6 Å². The molecule has 106 valence electrons. The summed E-state index contributed by atoms with van der Waals surface area (Å²) in [6.45, 7) is 0.429. The van der Waals surface area contributed by atoms with Crippen molar-refractivity contribution in [3.8, 4) is 11.1 Å². The van der Waals surface area contributed by atoms with Gasteiger partial charge < -0.3 is 5.73 Å². The molecule has 2 N–H and O–H groups in total. The summed E-state index contributed by atoms with van der Waals surface area (Å²) >= 11 is 0. The van der Waals surface area contributed by atoms with E-state index in [0.29, 0.717) is 18.5 Å². The summed E-state index contributed by atoms with van der Waals surface area (Å²) in [5.41, 5.74) is 6.23. The molecule has 0 unspecified atom stereocenters. The predicted molar refractivity (Wildman–Crippen MR) is 69.6 cm³/mol. The molecule has 2 rings (SSSR count). The first-order chi connectivity index (χ1) is 9.41. The van der Waals surface area contributed by atoms with Crippen LogP contribution in [0.1, 0.15) is 11.1 Å². The van der Waals surface area contributed by atoms with Crippen molar-refractivity contribution >= 4 is 0 Å². The van der Waals surface area contributed by atoms with E-state index in [-0.39, 0.29) is 5.56 Å². The second kappa shape index (κ2) is 5.63. The topological polar surface area (TPSA) is 26.0 Å². The van der Waals surface area contributed by atoms with Crippen molar-refractivity contribution in [2.75, 3.05) is 6.54 Å². The molecule has 1 nitrogen and oxygen atoms in total. The minimum absolute atomic E-state index is 0.282. The Hall–Kier alpha value is -1.88. The maximum Gasteiger partial charge on any atom is 0.416 e. The van der Waals surface area contributed by atoms with Crippen LogP contribution in [0.3, 0.4) is 0 Å². The Morgan fingerprint density at radius 2 is 1.60 bits per heavy atom. The SMILES string of the molecule is NCCc1ccc(F)c(-c2ccc(C(F)(F)F)cc2)c1. The van der Waals surface area contributed by atoms with Crippen LogP contribution in [0.4, 0.5) is 17.6 Å². The van der Waals surface area contributed by atoms with E-state index in [1.54, 1.807) is 12.1 Å². The molecule has 0 amide bonds. The van der Waals surface area contributed by atoms with Crippen molar-refractivity contribution in [3.05, 3.63) is 59.4 Å². The second-order valence-electron chi connectivity index (χ2n) is 4.43. The molecule has 20 heavy (non-hydrogen) atoms. The summed E-state index contributed by atoms with van der Waals surface area (Å²) in [5, 5.41) is 0. The van der Waals surface area contributed by atoms with Gasteiger partial charge >= 0.3 is 6.18 Å². The zero-order valence-corrected chi connectivity index (χ0v) is 10.5. The van der Waals surface area contributed by atoms with E-state index in [2.05, 4.69) is 0 Å². The van der Waals surface area contributed by atoms with Gasteiger partial charge in [-0.15, -0.1) is 0 Å². The van der Waals surface area contributed by atoms with Crippen LogP contribution in [0.5, 0.6) is 0 Å². The highest BCUT2D eigenvalue weighted by Crippen LogP contribution is 2.31. The van der Waals surface area contributed by atoms with Crippen LogP contribution in [0.2, 0.25) is 0 Å². The van der Waals surface area contributed by atoms with E-state index in [1.807, 2.05) is 0 Å². The molecule has 0 atom stereocenters. The number of benzene rings is 2. The third-order valence-electron chi connectivity index (χ3n) is 2.99. The van der Waals surface area contributed by atoms with Gasteiger partial charge in [0.2, 0.25) is 0 Å². The van der Waals surface area contributed by atoms with Gasteiger partial charge in [0.1, 0.15) is 5.82 Å². The van der Waals surface area contributed by atoms with Gasteiger partial charge in [-0.05, 0) is 48.4 Å². The maximum atomic E-state index is 13.8. The third kappa shape index (κ3) is 3.17. The molecule has 0 aromatic heterocycles. The molecule has 2 aromatic rings. The Morgan fingerprint density at radius 1 is 0.950 bits per heavy atom. The molecule has 0 aliphatic carbocycles. The molecule has 0 bridgehead atoms. The first-order valence-electron chi connectivity index (χ1n) is 6.08. The molecule has 0 fully saturated rings.